The summed E-state index contributed by atoms with van der Waals surface area (Å²) < 4.78 is 0. The van der Waals surface area contributed by atoms with Crippen LogP contribution in [0, 0.1) is 0 Å². The van der Waals surface area contributed by atoms with E-state index < -0.39 is 5.97 Å². The SMILES string of the molecule is Cl.Nc1cccc(CCc2ccc(C(=O)O)cc2)n1. The van der Waals surface area contributed by atoms with E-state index in [1.165, 1.54) is 0 Å². The number of rotatable bonds is 4. The average molecular weight is 279 g/mol. The number of carboxylic acid groups (broad SMARTS) is 1. The Hall–Kier alpha value is -2.07. The fourth-order valence-corrected chi connectivity index (χ4v) is 1.72. The predicted octanol–water partition coefficient (Wildman–Crippen LogP) is 2.57. The Balaban J connectivity index is 0.00000180. The number of carboxylic acids is 1. The van der Waals surface area contributed by atoms with Gasteiger partial charge in [-0.25, -0.2) is 9.78 Å². The summed E-state index contributed by atoms with van der Waals surface area (Å²) in [6.45, 7) is 0. The van der Waals surface area contributed by atoms with Crippen LogP contribution in [-0.4, -0.2) is 16.1 Å². The van der Waals surface area contributed by atoms with Crippen molar-refractivity contribution in [2.24, 2.45) is 0 Å². The lowest BCUT2D eigenvalue weighted by atomic mass is 10.1. The molecule has 0 aliphatic rings. The molecule has 0 amide bonds. The molecule has 1 heterocycles. The van der Waals surface area contributed by atoms with Crippen LogP contribution in [0.25, 0.3) is 0 Å². The molecule has 0 saturated heterocycles. The minimum atomic E-state index is -0.904. The van der Waals surface area contributed by atoms with Crippen molar-refractivity contribution in [3.63, 3.8) is 0 Å². The van der Waals surface area contributed by atoms with Gasteiger partial charge in [0.15, 0.2) is 0 Å². The first-order valence-corrected chi connectivity index (χ1v) is 5.69. The summed E-state index contributed by atoms with van der Waals surface area (Å²) >= 11 is 0. The molecule has 0 radical (unpaired) electrons. The second-order valence-corrected chi connectivity index (χ2v) is 4.06. The number of nitrogens with zero attached hydrogens (tertiary/aromatic N) is 1. The number of carbonyl (C=O) groups is 1. The van der Waals surface area contributed by atoms with Gasteiger partial charge >= 0.3 is 5.97 Å². The van der Waals surface area contributed by atoms with Gasteiger partial charge in [0, 0.05) is 5.69 Å². The van der Waals surface area contributed by atoms with Crippen molar-refractivity contribution in [1.29, 1.82) is 0 Å². The quantitative estimate of drug-likeness (QED) is 0.901. The summed E-state index contributed by atoms with van der Waals surface area (Å²) in [5, 5.41) is 8.79. The summed E-state index contributed by atoms with van der Waals surface area (Å²) in [7, 11) is 0. The van der Waals surface area contributed by atoms with Gasteiger partial charge in [0.2, 0.25) is 0 Å². The largest absolute Gasteiger partial charge is 0.478 e. The molecule has 4 nitrogen and oxygen atoms in total. The second kappa shape index (κ2) is 6.75. The zero-order valence-corrected chi connectivity index (χ0v) is 11.1. The van der Waals surface area contributed by atoms with E-state index in [1.54, 1.807) is 18.2 Å². The van der Waals surface area contributed by atoms with Crippen LogP contribution >= 0.6 is 12.4 Å². The number of benzene rings is 1. The van der Waals surface area contributed by atoms with Gasteiger partial charge in [-0.2, -0.15) is 0 Å². The number of aryl methyl sites for hydroxylation is 2. The van der Waals surface area contributed by atoms with Gasteiger partial charge in [-0.05, 0) is 42.7 Å². The van der Waals surface area contributed by atoms with E-state index in [0.717, 1.165) is 24.1 Å². The molecule has 0 spiro atoms. The summed E-state index contributed by atoms with van der Waals surface area (Å²) in [4.78, 5) is 14.9. The highest BCUT2D eigenvalue weighted by Gasteiger charge is 2.02. The highest BCUT2D eigenvalue weighted by molar-refractivity contribution is 5.87. The van der Waals surface area contributed by atoms with Crippen molar-refractivity contribution < 1.29 is 9.90 Å². The number of nitrogens with two attached hydrogens (primary N) is 1. The van der Waals surface area contributed by atoms with Gasteiger partial charge < -0.3 is 10.8 Å². The van der Waals surface area contributed by atoms with Crippen molar-refractivity contribution in [1.82, 2.24) is 4.98 Å². The van der Waals surface area contributed by atoms with Crippen molar-refractivity contribution in [3.05, 3.63) is 59.3 Å². The van der Waals surface area contributed by atoms with Crippen LogP contribution in [0.3, 0.4) is 0 Å². The molecule has 100 valence electrons. The molecule has 0 unspecified atom stereocenters. The van der Waals surface area contributed by atoms with Gasteiger partial charge in [-0.3, -0.25) is 0 Å². The first-order chi connectivity index (χ1) is 8.65. The number of halogens is 1. The van der Waals surface area contributed by atoms with Crippen molar-refractivity contribution >= 4 is 24.2 Å². The summed E-state index contributed by atoms with van der Waals surface area (Å²) in [5.74, 6) is -0.382. The lowest BCUT2D eigenvalue weighted by Gasteiger charge is -2.03. The zero-order chi connectivity index (χ0) is 13.0. The van der Waals surface area contributed by atoms with Crippen LogP contribution < -0.4 is 5.73 Å². The first kappa shape index (κ1) is 15.0. The topological polar surface area (TPSA) is 76.2 Å². The maximum Gasteiger partial charge on any atom is 0.335 e. The molecule has 0 aliphatic heterocycles. The van der Waals surface area contributed by atoms with Gasteiger partial charge in [-0.15, -0.1) is 12.4 Å². The lowest BCUT2D eigenvalue weighted by Crippen LogP contribution is -1.99. The molecule has 2 rings (SSSR count). The molecule has 2 aromatic rings. The number of hydrogen-bond acceptors (Lipinski definition) is 3. The van der Waals surface area contributed by atoms with Crippen LogP contribution in [0.1, 0.15) is 21.6 Å². The maximum absolute atomic E-state index is 10.7. The van der Waals surface area contributed by atoms with Gasteiger partial charge in [0.25, 0.3) is 0 Å². The predicted molar refractivity (Wildman–Crippen MR) is 76.7 cm³/mol. The third-order valence-electron chi connectivity index (χ3n) is 2.70. The average Bonchev–Trinajstić information content (AvgIpc) is 2.37. The molecule has 0 saturated carbocycles. The van der Waals surface area contributed by atoms with Crippen molar-refractivity contribution in [2.45, 2.75) is 12.8 Å². The molecule has 1 aromatic heterocycles. The molecule has 0 bridgehead atoms. The van der Waals surface area contributed by atoms with Gasteiger partial charge in [0.05, 0.1) is 5.56 Å². The number of aromatic nitrogens is 1. The monoisotopic (exact) mass is 278 g/mol. The zero-order valence-electron chi connectivity index (χ0n) is 10.2. The van der Waals surface area contributed by atoms with Crippen LogP contribution in [-0.2, 0) is 12.8 Å². The maximum atomic E-state index is 10.7. The smallest absolute Gasteiger partial charge is 0.335 e. The molecule has 1 aromatic carbocycles. The Morgan fingerprint density at radius 2 is 1.79 bits per heavy atom. The summed E-state index contributed by atoms with van der Waals surface area (Å²) in [6.07, 6.45) is 1.60. The third-order valence-corrected chi connectivity index (χ3v) is 2.70. The summed E-state index contributed by atoms with van der Waals surface area (Å²) in [5.41, 5.74) is 7.94. The van der Waals surface area contributed by atoms with Crippen LogP contribution in [0.15, 0.2) is 42.5 Å². The fourth-order valence-electron chi connectivity index (χ4n) is 1.72. The lowest BCUT2D eigenvalue weighted by molar-refractivity contribution is 0.0697. The fraction of sp³-hybridized carbons (Fsp3) is 0.143. The number of anilines is 1. The minimum Gasteiger partial charge on any atom is -0.478 e. The Morgan fingerprint density at radius 1 is 1.11 bits per heavy atom. The third kappa shape index (κ3) is 4.26. The van der Waals surface area contributed by atoms with Crippen molar-refractivity contribution in [2.75, 3.05) is 5.73 Å². The number of pyridine rings is 1. The normalized spacial score (nSPS) is 9.68. The molecular formula is C14H15ClN2O2. The first-order valence-electron chi connectivity index (χ1n) is 5.69. The molecule has 3 N–H and O–H groups in total. The van der Waals surface area contributed by atoms with Crippen LogP contribution in [0.4, 0.5) is 5.82 Å². The molecule has 5 heteroatoms. The summed E-state index contributed by atoms with van der Waals surface area (Å²) in [6, 6.07) is 12.5. The van der Waals surface area contributed by atoms with E-state index in [1.807, 2.05) is 24.3 Å². The molecule has 0 fully saturated rings. The van der Waals surface area contributed by atoms with Crippen LogP contribution in [0.2, 0.25) is 0 Å². The Kier molecular flexibility index (Phi) is 5.33. The number of hydrogen-bond donors (Lipinski definition) is 2. The minimum absolute atomic E-state index is 0. The number of nitrogen functional groups attached to an aromatic ring is 1. The molecule has 0 atom stereocenters. The van der Waals surface area contributed by atoms with Gasteiger partial charge in [0.1, 0.15) is 5.82 Å². The van der Waals surface area contributed by atoms with E-state index in [2.05, 4.69) is 4.98 Å². The van der Waals surface area contributed by atoms with E-state index in [-0.39, 0.29) is 12.4 Å². The van der Waals surface area contributed by atoms with E-state index in [9.17, 15) is 4.79 Å². The molecular weight excluding hydrogens is 264 g/mol. The molecule has 19 heavy (non-hydrogen) atoms. The Labute approximate surface area is 117 Å². The highest BCUT2D eigenvalue weighted by Crippen LogP contribution is 2.09. The second-order valence-electron chi connectivity index (χ2n) is 4.06. The highest BCUT2D eigenvalue weighted by atomic mass is 35.5. The molecule has 0 aliphatic carbocycles. The van der Waals surface area contributed by atoms with E-state index >= 15 is 0 Å². The number of aromatic carboxylic acids is 1. The Bertz CT molecular complexity index is 556. The van der Waals surface area contributed by atoms with Gasteiger partial charge in [-0.1, -0.05) is 18.2 Å². The van der Waals surface area contributed by atoms with E-state index in [0.29, 0.717) is 11.4 Å². The standard InChI is InChI=1S/C14H14N2O2.ClH/c15-13-3-1-2-12(16-13)9-6-10-4-7-11(8-5-10)14(17)18;/h1-5,7-8H,6,9H2,(H2,15,16)(H,17,18);1H. The van der Waals surface area contributed by atoms with Crippen LogP contribution in [0.5, 0.6) is 0 Å². The van der Waals surface area contributed by atoms with E-state index in [4.69, 9.17) is 10.8 Å². The Morgan fingerprint density at radius 3 is 2.37 bits per heavy atom. The van der Waals surface area contributed by atoms with Crippen molar-refractivity contribution in [3.8, 4) is 0 Å².